The van der Waals surface area contributed by atoms with Gasteiger partial charge in [-0.25, -0.2) is 14.2 Å². The number of nitrogens with one attached hydrogen (secondary N) is 1. The molecule has 3 heterocycles. The van der Waals surface area contributed by atoms with Crippen LogP contribution in [0, 0.1) is 0 Å². The van der Waals surface area contributed by atoms with Crippen LogP contribution in [0.1, 0.15) is 17.5 Å². The summed E-state index contributed by atoms with van der Waals surface area (Å²) in [5.74, 6) is 0. The van der Waals surface area contributed by atoms with Gasteiger partial charge in [-0.05, 0) is 17.5 Å². The van der Waals surface area contributed by atoms with Gasteiger partial charge in [0.1, 0.15) is 18.3 Å². The lowest BCUT2D eigenvalue weighted by molar-refractivity contribution is 0.141. The van der Waals surface area contributed by atoms with Crippen LogP contribution in [0.5, 0.6) is 6.01 Å². The summed E-state index contributed by atoms with van der Waals surface area (Å²) in [6.45, 7) is 3.08. The molecule has 1 atom stereocenters. The van der Waals surface area contributed by atoms with Gasteiger partial charge in [-0.1, -0.05) is 24.3 Å². The van der Waals surface area contributed by atoms with E-state index in [9.17, 15) is 9.18 Å². The minimum Gasteiger partial charge on any atom is -0.461 e. The molecule has 154 valence electrons. The standard InChI is InChI=1S/C20H24FN5O3/c1-28-7-8-29-19-22-10-17-18(24-19)26(20(27)23-17)12-15-4-2-3-14(9-15)11-25-6-5-16(21)13-25/h2-4,9-10,16H,5-8,11-13H2,1H3,(H,23,27)/t16-/m1/s1. The lowest BCUT2D eigenvalue weighted by atomic mass is 10.1. The number of hydrogen-bond acceptors (Lipinski definition) is 6. The van der Waals surface area contributed by atoms with Crippen LogP contribution < -0.4 is 10.4 Å². The normalized spacial score (nSPS) is 17.2. The number of rotatable bonds is 8. The van der Waals surface area contributed by atoms with E-state index < -0.39 is 6.17 Å². The number of likely N-dealkylation sites (tertiary alicyclic amines) is 1. The topological polar surface area (TPSA) is 85.3 Å². The third-order valence-electron chi connectivity index (χ3n) is 4.96. The predicted molar refractivity (Wildman–Crippen MR) is 106 cm³/mol. The molecular weight excluding hydrogens is 377 g/mol. The van der Waals surface area contributed by atoms with Gasteiger partial charge in [0, 0.05) is 26.7 Å². The molecule has 0 unspecified atom stereocenters. The lowest BCUT2D eigenvalue weighted by Crippen LogP contribution is -2.21. The van der Waals surface area contributed by atoms with E-state index in [1.54, 1.807) is 17.9 Å². The first-order valence-electron chi connectivity index (χ1n) is 9.64. The van der Waals surface area contributed by atoms with Crippen molar-refractivity contribution in [3.05, 3.63) is 52.1 Å². The van der Waals surface area contributed by atoms with Crippen molar-refractivity contribution in [2.75, 3.05) is 33.4 Å². The van der Waals surface area contributed by atoms with Gasteiger partial charge in [-0.15, -0.1) is 0 Å². The van der Waals surface area contributed by atoms with Crippen molar-refractivity contribution in [3.63, 3.8) is 0 Å². The molecule has 1 N–H and O–H groups in total. The highest BCUT2D eigenvalue weighted by molar-refractivity contribution is 5.69. The van der Waals surface area contributed by atoms with E-state index in [0.29, 0.717) is 50.4 Å². The van der Waals surface area contributed by atoms with Crippen LogP contribution in [0.25, 0.3) is 11.2 Å². The molecular formula is C20H24FN5O3. The maximum absolute atomic E-state index is 13.4. The van der Waals surface area contributed by atoms with Crippen LogP contribution in [-0.4, -0.2) is 64.0 Å². The van der Waals surface area contributed by atoms with Crippen molar-refractivity contribution in [2.24, 2.45) is 0 Å². The Morgan fingerprint density at radius 3 is 2.86 bits per heavy atom. The Hall–Kier alpha value is -2.78. The zero-order valence-corrected chi connectivity index (χ0v) is 16.3. The number of ether oxygens (including phenoxy) is 2. The van der Waals surface area contributed by atoms with Crippen LogP contribution in [0.15, 0.2) is 35.3 Å². The van der Waals surface area contributed by atoms with Gasteiger partial charge < -0.3 is 14.5 Å². The van der Waals surface area contributed by atoms with E-state index in [-0.39, 0.29) is 11.7 Å². The minimum absolute atomic E-state index is 0.200. The summed E-state index contributed by atoms with van der Waals surface area (Å²) in [7, 11) is 1.59. The molecule has 8 nitrogen and oxygen atoms in total. The van der Waals surface area contributed by atoms with Gasteiger partial charge >= 0.3 is 11.7 Å². The Labute approximate surface area is 167 Å². The third-order valence-corrected chi connectivity index (χ3v) is 4.96. The molecule has 0 saturated carbocycles. The molecule has 1 aliphatic heterocycles. The summed E-state index contributed by atoms with van der Waals surface area (Å²) in [4.78, 5) is 25.8. The van der Waals surface area contributed by atoms with Crippen molar-refractivity contribution in [3.8, 4) is 6.01 Å². The van der Waals surface area contributed by atoms with Crippen molar-refractivity contribution in [2.45, 2.75) is 25.7 Å². The molecule has 0 bridgehead atoms. The van der Waals surface area contributed by atoms with Crippen LogP contribution in [-0.2, 0) is 17.8 Å². The fraction of sp³-hybridized carbons (Fsp3) is 0.450. The molecule has 2 aromatic heterocycles. The van der Waals surface area contributed by atoms with Crippen LogP contribution >= 0.6 is 0 Å². The van der Waals surface area contributed by atoms with E-state index in [2.05, 4.69) is 19.9 Å². The first-order chi connectivity index (χ1) is 14.1. The molecule has 0 aliphatic carbocycles. The molecule has 29 heavy (non-hydrogen) atoms. The molecule has 1 aromatic carbocycles. The van der Waals surface area contributed by atoms with Gasteiger partial charge in [0.15, 0.2) is 5.65 Å². The molecule has 9 heteroatoms. The quantitative estimate of drug-likeness (QED) is 0.579. The van der Waals surface area contributed by atoms with E-state index in [0.717, 1.165) is 17.7 Å². The van der Waals surface area contributed by atoms with Gasteiger partial charge in [0.05, 0.1) is 19.3 Å². The Morgan fingerprint density at radius 1 is 1.28 bits per heavy atom. The Bertz CT molecular complexity index is 1030. The highest BCUT2D eigenvalue weighted by Crippen LogP contribution is 2.17. The molecule has 0 spiro atoms. The molecule has 1 saturated heterocycles. The molecule has 3 aromatic rings. The highest BCUT2D eigenvalue weighted by atomic mass is 19.1. The highest BCUT2D eigenvalue weighted by Gasteiger charge is 2.21. The number of nitrogens with zero attached hydrogens (tertiary/aromatic N) is 4. The molecule has 1 aliphatic rings. The number of fused-ring (bicyclic) bond motifs is 1. The van der Waals surface area contributed by atoms with E-state index in [4.69, 9.17) is 9.47 Å². The van der Waals surface area contributed by atoms with Crippen LogP contribution in [0.3, 0.4) is 0 Å². The zero-order valence-electron chi connectivity index (χ0n) is 16.3. The van der Waals surface area contributed by atoms with Gasteiger partial charge in [0.25, 0.3) is 0 Å². The minimum atomic E-state index is -0.733. The van der Waals surface area contributed by atoms with Crippen molar-refractivity contribution in [1.82, 2.24) is 24.4 Å². The summed E-state index contributed by atoms with van der Waals surface area (Å²) in [5.41, 5.74) is 2.86. The number of methoxy groups -OCH3 is 1. The van der Waals surface area contributed by atoms with Crippen molar-refractivity contribution in [1.29, 1.82) is 0 Å². The Balaban J connectivity index is 1.54. The second-order valence-corrected chi connectivity index (χ2v) is 7.19. The number of benzene rings is 1. The van der Waals surface area contributed by atoms with Crippen LogP contribution in [0.2, 0.25) is 0 Å². The van der Waals surface area contributed by atoms with Gasteiger partial charge in [-0.2, -0.15) is 4.98 Å². The van der Waals surface area contributed by atoms with Crippen molar-refractivity contribution >= 4 is 11.2 Å². The SMILES string of the molecule is COCCOc1ncc2[nH]c(=O)n(Cc3cccc(CN4CC[C@@H](F)C4)c3)c2n1. The fourth-order valence-electron chi connectivity index (χ4n) is 3.56. The largest absolute Gasteiger partial charge is 0.461 e. The average molecular weight is 401 g/mol. The van der Waals surface area contributed by atoms with Crippen LogP contribution in [0.4, 0.5) is 4.39 Å². The second kappa shape index (κ2) is 8.71. The number of H-pyrrole nitrogens is 1. The second-order valence-electron chi connectivity index (χ2n) is 7.19. The Morgan fingerprint density at radius 2 is 2.10 bits per heavy atom. The average Bonchev–Trinajstić information content (AvgIpc) is 3.25. The van der Waals surface area contributed by atoms with Gasteiger partial charge in [-0.3, -0.25) is 9.47 Å². The van der Waals surface area contributed by atoms with Crippen molar-refractivity contribution < 1.29 is 13.9 Å². The van der Waals surface area contributed by atoms with Gasteiger partial charge in [0.2, 0.25) is 0 Å². The summed E-state index contributed by atoms with van der Waals surface area (Å²) in [5, 5.41) is 0. The Kier molecular flexibility index (Phi) is 5.86. The molecule has 4 rings (SSSR count). The number of aromatic nitrogens is 4. The van der Waals surface area contributed by atoms with E-state index in [1.807, 2.05) is 24.3 Å². The first kappa shape index (κ1) is 19.5. The summed E-state index contributed by atoms with van der Waals surface area (Å²) >= 11 is 0. The number of halogens is 1. The maximum Gasteiger partial charge on any atom is 0.328 e. The summed E-state index contributed by atoms with van der Waals surface area (Å²) in [6.07, 6.45) is 1.40. The number of imidazole rings is 1. The first-order valence-corrected chi connectivity index (χ1v) is 9.64. The monoisotopic (exact) mass is 401 g/mol. The maximum atomic E-state index is 13.4. The summed E-state index contributed by atoms with van der Waals surface area (Å²) < 4.78 is 25.4. The third kappa shape index (κ3) is 4.63. The molecule has 1 fully saturated rings. The molecule has 0 radical (unpaired) electrons. The lowest BCUT2D eigenvalue weighted by Gasteiger charge is -2.15. The van der Waals surface area contributed by atoms with E-state index in [1.165, 1.54) is 0 Å². The predicted octanol–water partition coefficient (Wildman–Crippen LogP) is 1.74. The fourth-order valence-corrected chi connectivity index (χ4v) is 3.56. The summed E-state index contributed by atoms with van der Waals surface area (Å²) in [6, 6.07) is 8.20. The van der Waals surface area contributed by atoms with E-state index >= 15 is 0 Å². The number of hydrogen-bond donors (Lipinski definition) is 1. The number of alkyl halides is 1. The smallest absolute Gasteiger partial charge is 0.328 e. The zero-order chi connectivity index (χ0) is 20.2. The number of aromatic amines is 1. The molecule has 0 amide bonds.